The quantitative estimate of drug-likeness (QED) is 0.790. The predicted molar refractivity (Wildman–Crippen MR) is 78.1 cm³/mol. The fourth-order valence-corrected chi connectivity index (χ4v) is 1.84. The van der Waals surface area contributed by atoms with Crippen molar-refractivity contribution in [1.29, 1.82) is 5.26 Å². The van der Waals surface area contributed by atoms with Gasteiger partial charge in [0.15, 0.2) is 0 Å². The summed E-state index contributed by atoms with van der Waals surface area (Å²) in [4.78, 5) is 11.3. The highest BCUT2D eigenvalue weighted by Gasteiger charge is 2.04. The van der Waals surface area contributed by atoms with Gasteiger partial charge in [-0.05, 0) is 42.0 Å². The molecular weight excluding hydrogens is 266 g/mol. The highest BCUT2D eigenvalue weighted by Crippen LogP contribution is 2.12. The Morgan fingerprint density at radius 3 is 2.33 bits per heavy atom. The zero-order valence-corrected chi connectivity index (χ0v) is 11.7. The lowest BCUT2D eigenvalue weighted by Crippen LogP contribution is -2.03. The summed E-state index contributed by atoms with van der Waals surface area (Å²) in [6, 6.07) is 16.3. The maximum absolute atomic E-state index is 11.3. The number of esters is 1. The third kappa shape index (κ3) is 4.08. The van der Waals surface area contributed by atoms with Gasteiger partial charge in [0.2, 0.25) is 0 Å². The van der Waals surface area contributed by atoms with E-state index in [1.807, 2.05) is 12.1 Å². The highest BCUT2D eigenvalue weighted by atomic mass is 16.5. The van der Waals surface area contributed by atoms with Crippen molar-refractivity contribution in [3.05, 3.63) is 65.2 Å². The maximum atomic E-state index is 11.3. The first-order chi connectivity index (χ1) is 10.2. The summed E-state index contributed by atoms with van der Waals surface area (Å²) in [6.45, 7) is 0.531. The molecule has 0 aliphatic heterocycles. The summed E-state index contributed by atoms with van der Waals surface area (Å²) < 4.78 is 10.3. The van der Waals surface area contributed by atoms with Crippen LogP contribution in [0.4, 0.5) is 0 Å². The van der Waals surface area contributed by atoms with Crippen molar-refractivity contribution in [2.24, 2.45) is 0 Å². The summed E-state index contributed by atoms with van der Waals surface area (Å²) in [5.74, 6) is 0.399. The van der Waals surface area contributed by atoms with E-state index in [1.54, 1.807) is 36.4 Å². The number of rotatable bonds is 5. The molecule has 0 aromatic heterocycles. The van der Waals surface area contributed by atoms with Crippen LogP contribution in [0.5, 0.6) is 5.75 Å². The highest BCUT2D eigenvalue weighted by molar-refractivity contribution is 5.89. The van der Waals surface area contributed by atoms with Gasteiger partial charge in [-0.2, -0.15) is 5.26 Å². The summed E-state index contributed by atoms with van der Waals surface area (Å²) >= 11 is 0. The molecule has 0 radical (unpaired) electrons. The van der Waals surface area contributed by atoms with Gasteiger partial charge in [-0.3, -0.25) is 0 Å². The number of carbonyl (C=O) groups excluding carboxylic acids is 1. The maximum Gasteiger partial charge on any atom is 0.337 e. The van der Waals surface area contributed by atoms with Gasteiger partial charge in [-0.25, -0.2) is 4.79 Å². The number of hydrogen-bond donors (Lipinski definition) is 0. The zero-order chi connectivity index (χ0) is 15.1. The molecule has 0 amide bonds. The number of methoxy groups -OCH3 is 1. The van der Waals surface area contributed by atoms with E-state index in [1.165, 1.54) is 7.11 Å². The molecule has 0 aliphatic rings. The SMILES string of the molecule is COC(=O)c1ccc(CCOc2ccc(C#N)cc2)cc1. The fraction of sp³-hybridized carbons (Fsp3) is 0.176. The van der Waals surface area contributed by atoms with E-state index in [0.29, 0.717) is 17.7 Å². The van der Waals surface area contributed by atoms with E-state index in [0.717, 1.165) is 17.7 Å². The van der Waals surface area contributed by atoms with Gasteiger partial charge < -0.3 is 9.47 Å². The van der Waals surface area contributed by atoms with Crippen molar-refractivity contribution in [3.63, 3.8) is 0 Å². The van der Waals surface area contributed by atoms with Crippen LogP contribution in [0, 0.1) is 11.3 Å². The minimum absolute atomic E-state index is 0.338. The van der Waals surface area contributed by atoms with Crippen LogP contribution in [-0.2, 0) is 11.2 Å². The third-order valence-electron chi connectivity index (χ3n) is 3.02. The van der Waals surface area contributed by atoms with Crippen LogP contribution < -0.4 is 4.74 Å². The van der Waals surface area contributed by atoms with Gasteiger partial charge >= 0.3 is 5.97 Å². The van der Waals surface area contributed by atoms with Crippen molar-refractivity contribution in [2.75, 3.05) is 13.7 Å². The van der Waals surface area contributed by atoms with Crippen LogP contribution in [0.25, 0.3) is 0 Å². The molecule has 0 atom stereocenters. The minimum atomic E-state index is -0.338. The van der Waals surface area contributed by atoms with E-state index >= 15 is 0 Å². The molecule has 0 unspecified atom stereocenters. The molecule has 0 spiro atoms. The summed E-state index contributed by atoms with van der Waals surface area (Å²) in [5.41, 5.74) is 2.23. The predicted octanol–water partition coefficient (Wildman–Crippen LogP) is 2.97. The summed E-state index contributed by atoms with van der Waals surface area (Å²) in [6.07, 6.45) is 0.738. The Balaban J connectivity index is 1.85. The molecule has 2 aromatic carbocycles. The van der Waals surface area contributed by atoms with Gasteiger partial charge in [0.25, 0.3) is 0 Å². The van der Waals surface area contributed by atoms with Gasteiger partial charge in [-0.1, -0.05) is 12.1 Å². The standard InChI is InChI=1S/C17H15NO3/c1-20-17(19)15-6-2-13(3-7-15)10-11-21-16-8-4-14(12-18)5-9-16/h2-9H,10-11H2,1H3. The van der Waals surface area contributed by atoms with Gasteiger partial charge in [0, 0.05) is 6.42 Å². The number of benzene rings is 2. The van der Waals surface area contributed by atoms with Crippen molar-refractivity contribution < 1.29 is 14.3 Å². The molecule has 4 nitrogen and oxygen atoms in total. The van der Waals surface area contributed by atoms with E-state index in [4.69, 9.17) is 10.00 Å². The zero-order valence-electron chi connectivity index (χ0n) is 11.7. The lowest BCUT2D eigenvalue weighted by atomic mass is 10.1. The van der Waals surface area contributed by atoms with E-state index in [2.05, 4.69) is 10.8 Å². The molecule has 2 aromatic rings. The number of carbonyl (C=O) groups is 1. The second kappa shape index (κ2) is 7.11. The minimum Gasteiger partial charge on any atom is -0.493 e. The van der Waals surface area contributed by atoms with Crippen LogP contribution >= 0.6 is 0 Å². The number of nitriles is 1. The summed E-state index contributed by atoms with van der Waals surface area (Å²) in [5, 5.41) is 8.71. The Morgan fingerprint density at radius 2 is 1.76 bits per heavy atom. The summed E-state index contributed by atoms with van der Waals surface area (Å²) in [7, 11) is 1.36. The number of ether oxygens (including phenoxy) is 2. The normalized spacial score (nSPS) is 9.71. The smallest absolute Gasteiger partial charge is 0.337 e. The van der Waals surface area contributed by atoms with Gasteiger partial charge in [0.05, 0.1) is 30.9 Å². The first kappa shape index (κ1) is 14.6. The van der Waals surface area contributed by atoms with Crippen LogP contribution in [0.1, 0.15) is 21.5 Å². The lowest BCUT2D eigenvalue weighted by molar-refractivity contribution is 0.0600. The molecule has 0 fully saturated rings. The van der Waals surface area contributed by atoms with Crippen LogP contribution in [0.3, 0.4) is 0 Å². The Hall–Kier alpha value is -2.80. The van der Waals surface area contributed by atoms with Crippen molar-refractivity contribution >= 4 is 5.97 Å². The molecule has 0 saturated heterocycles. The van der Waals surface area contributed by atoms with Crippen molar-refractivity contribution in [2.45, 2.75) is 6.42 Å². The lowest BCUT2D eigenvalue weighted by Gasteiger charge is -2.06. The molecule has 21 heavy (non-hydrogen) atoms. The van der Waals surface area contributed by atoms with Crippen molar-refractivity contribution in [1.82, 2.24) is 0 Å². The third-order valence-corrected chi connectivity index (χ3v) is 3.02. The molecule has 4 heteroatoms. The second-order valence-corrected chi connectivity index (χ2v) is 4.42. The Kier molecular flexibility index (Phi) is 4.94. The molecule has 0 bridgehead atoms. The van der Waals surface area contributed by atoms with Crippen LogP contribution in [0.2, 0.25) is 0 Å². The fourth-order valence-electron chi connectivity index (χ4n) is 1.84. The monoisotopic (exact) mass is 281 g/mol. The van der Waals surface area contributed by atoms with E-state index in [9.17, 15) is 4.79 Å². The van der Waals surface area contributed by atoms with Crippen LogP contribution in [0.15, 0.2) is 48.5 Å². The van der Waals surface area contributed by atoms with Crippen LogP contribution in [-0.4, -0.2) is 19.7 Å². The molecule has 2 rings (SSSR count). The number of nitrogens with zero attached hydrogens (tertiary/aromatic N) is 1. The molecule has 0 aliphatic carbocycles. The van der Waals surface area contributed by atoms with Gasteiger partial charge in [0.1, 0.15) is 5.75 Å². The van der Waals surface area contributed by atoms with Gasteiger partial charge in [-0.15, -0.1) is 0 Å². The van der Waals surface area contributed by atoms with Crippen molar-refractivity contribution in [3.8, 4) is 11.8 Å². The molecular formula is C17H15NO3. The number of hydrogen-bond acceptors (Lipinski definition) is 4. The average molecular weight is 281 g/mol. The molecule has 0 saturated carbocycles. The molecule has 0 N–H and O–H groups in total. The van der Waals surface area contributed by atoms with E-state index in [-0.39, 0.29) is 5.97 Å². The first-order valence-corrected chi connectivity index (χ1v) is 6.53. The Morgan fingerprint density at radius 1 is 1.10 bits per heavy atom. The average Bonchev–Trinajstić information content (AvgIpc) is 2.55. The molecule has 0 heterocycles. The topological polar surface area (TPSA) is 59.3 Å². The van der Waals surface area contributed by atoms with E-state index < -0.39 is 0 Å². The molecule has 106 valence electrons. The Bertz CT molecular complexity index is 639. The largest absolute Gasteiger partial charge is 0.493 e. The second-order valence-electron chi connectivity index (χ2n) is 4.42. The Labute approximate surface area is 123 Å². The first-order valence-electron chi connectivity index (χ1n) is 6.53.